The van der Waals surface area contributed by atoms with Gasteiger partial charge in [-0.15, -0.1) is 0 Å². The van der Waals surface area contributed by atoms with Crippen LogP contribution in [0.25, 0.3) is 0 Å². The summed E-state index contributed by atoms with van der Waals surface area (Å²) in [5, 5.41) is 3.01. The predicted molar refractivity (Wildman–Crippen MR) is 64.4 cm³/mol. The van der Waals surface area contributed by atoms with Gasteiger partial charge in [-0.25, -0.2) is 0 Å². The van der Waals surface area contributed by atoms with Gasteiger partial charge in [-0.1, -0.05) is 24.0 Å². The smallest absolute Gasteiger partial charge is 0.218 e. The van der Waals surface area contributed by atoms with Gasteiger partial charge in [0.1, 0.15) is 10.1 Å². The molecule has 0 aromatic carbocycles. The van der Waals surface area contributed by atoms with Crippen molar-refractivity contribution in [3.8, 4) is 0 Å². The topological polar surface area (TPSA) is 68.3 Å². The van der Waals surface area contributed by atoms with Crippen LogP contribution in [0.15, 0.2) is 22.8 Å². The second kappa shape index (κ2) is 6.47. The molecule has 0 radical (unpaired) electrons. The highest BCUT2D eigenvalue weighted by atomic mass is 32.2. The van der Waals surface area contributed by atoms with Crippen molar-refractivity contribution in [2.24, 2.45) is 5.73 Å². The zero-order valence-corrected chi connectivity index (χ0v) is 9.70. The Kier molecular flexibility index (Phi) is 5.20. The maximum atomic E-state index is 10.5. The fraction of sp³-hybridized carbons (Fsp3) is 0.333. The number of primary amides is 1. The summed E-state index contributed by atoms with van der Waals surface area (Å²) in [6, 6.07) is 3.68. The monoisotopic (exact) mass is 244 g/mol. The average Bonchev–Trinajstić information content (AvgIpc) is 2.66. The first kappa shape index (κ1) is 12.1. The Balaban J connectivity index is 2.11. The number of carbonyl (C=O) groups is 1. The summed E-state index contributed by atoms with van der Waals surface area (Å²) in [6.07, 6.45) is 1.95. The minimum Gasteiger partial charge on any atom is -0.467 e. The summed E-state index contributed by atoms with van der Waals surface area (Å²) >= 11 is 6.44. The molecule has 0 saturated carbocycles. The van der Waals surface area contributed by atoms with Gasteiger partial charge in [-0.3, -0.25) is 4.79 Å². The van der Waals surface area contributed by atoms with Crippen LogP contribution >= 0.6 is 24.0 Å². The molecule has 0 atom stereocenters. The number of hydrogen-bond donors (Lipinski definition) is 2. The summed E-state index contributed by atoms with van der Waals surface area (Å²) in [6.45, 7) is 0.565. The highest BCUT2D eigenvalue weighted by Crippen LogP contribution is 2.05. The van der Waals surface area contributed by atoms with E-state index in [9.17, 15) is 4.79 Å². The van der Waals surface area contributed by atoms with Crippen molar-refractivity contribution in [1.82, 2.24) is 5.32 Å². The molecule has 1 heterocycles. The second-order valence-electron chi connectivity index (χ2n) is 2.79. The minimum atomic E-state index is -0.309. The Morgan fingerprint density at radius 3 is 3.07 bits per heavy atom. The van der Waals surface area contributed by atoms with E-state index in [1.165, 1.54) is 11.8 Å². The maximum absolute atomic E-state index is 10.5. The van der Waals surface area contributed by atoms with Crippen LogP contribution < -0.4 is 11.1 Å². The molecule has 0 aliphatic rings. The van der Waals surface area contributed by atoms with E-state index >= 15 is 0 Å². The van der Waals surface area contributed by atoms with Crippen LogP contribution in [0.3, 0.4) is 0 Å². The van der Waals surface area contributed by atoms with Crippen LogP contribution in [-0.4, -0.2) is 16.0 Å². The Labute approximate surface area is 97.6 Å². The molecule has 0 saturated heterocycles. The lowest BCUT2D eigenvalue weighted by atomic mass is 10.4. The van der Waals surface area contributed by atoms with E-state index in [0.717, 1.165) is 5.76 Å². The number of hydrogen-bond acceptors (Lipinski definition) is 4. The molecule has 1 rings (SSSR count). The molecule has 0 aliphatic heterocycles. The molecule has 15 heavy (non-hydrogen) atoms. The number of furan rings is 1. The number of thioether (sulfide) groups is 1. The van der Waals surface area contributed by atoms with Gasteiger partial charge in [0.05, 0.1) is 12.8 Å². The minimum absolute atomic E-state index is 0.309. The van der Waals surface area contributed by atoms with Crippen molar-refractivity contribution in [1.29, 1.82) is 0 Å². The van der Waals surface area contributed by atoms with E-state index < -0.39 is 0 Å². The molecule has 1 aromatic rings. The van der Waals surface area contributed by atoms with Crippen molar-refractivity contribution in [2.45, 2.75) is 13.0 Å². The second-order valence-corrected chi connectivity index (χ2v) is 4.56. The molecule has 1 amide bonds. The number of rotatable bonds is 5. The zero-order chi connectivity index (χ0) is 11.1. The molecular formula is C9H12N2O2S2. The van der Waals surface area contributed by atoms with Gasteiger partial charge in [0.15, 0.2) is 0 Å². The largest absolute Gasteiger partial charge is 0.467 e. The standard InChI is InChI=1S/C9H12N2O2S2/c10-8(12)3-5-15-9(14)11-6-7-2-1-4-13-7/h1-2,4H,3,5-6H2,(H2,10,12)(H,11,14). The summed E-state index contributed by atoms with van der Waals surface area (Å²) in [7, 11) is 0. The van der Waals surface area contributed by atoms with Crippen molar-refractivity contribution < 1.29 is 9.21 Å². The van der Waals surface area contributed by atoms with E-state index in [1.807, 2.05) is 12.1 Å². The lowest BCUT2D eigenvalue weighted by Crippen LogP contribution is -2.19. The summed E-state index contributed by atoms with van der Waals surface area (Å²) in [5.41, 5.74) is 5.00. The molecule has 82 valence electrons. The molecule has 0 fully saturated rings. The van der Waals surface area contributed by atoms with E-state index in [2.05, 4.69) is 5.32 Å². The first-order valence-corrected chi connectivity index (χ1v) is 5.79. The van der Waals surface area contributed by atoms with Crippen LogP contribution in [0.1, 0.15) is 12.2 Å². The number of nitrogens with one attached hydrogen (secondary N) is 1. The third-order valence-electron chi connectivity index (χ3n) is 1.57. The number of nitrogens with two attached hydrogens (primary N) is 1. The zero-order valence-electron chi connectivity index (χ0n) is 8.06. The van der Waals surface area contributed by atoms with Gasteiger partial charge < -0.3 is 15.5 Å². The Hall–Kier alpha value is -1.01. The lowest BCUT2D eigenvalue weighted by Gasteiger charge is -2.04. The molecule has 1 aromatic heterocycles. The normalized spacial score (nSPS) is 9.87. The number of amides is 1. The van der Waals surface area contributed by atoms with E-state index in [-0.39, 0.29) is 5.91 Å². The number of carbonyl (C=O) groups excluding carboxylic acids is 1. The highest BCUT2D eigenvalue weighted by Gasteiger charge is 2.01. The highest BCUT2D eigenvalue weighted by molar-refractivity contribution is 8.22. The van der Waals surface area contributed by atoms with Crippen LogP contribution in [0, 0.1) is 0 Å². The first-order valence-electron chi connectivity index (χ1n) is 4.40. The molecular weight excluding hydrogens is 232 g/mol. The predicted octanol–water partition coefficient (Wildman–Crippen LogP) is 1.26. The van der Waals surface area contributed by atoms with Gasteiger partial charge in [-0.05, 0) is 12.1 Å². The third-order valence-corrected chi connectivity index (χ3v) is 2.88. The molecule has 6 heteroatoms. The van der Waals surface area contributed by atoms with Crippen molar-refractivity contribution in [3.63, 3.8) is 0 Å². The quantitative estimate of drug-likeness (QED) is 0.763. The van der Waals surface area contributed by atoms with E-state index in [4.69, 9.17) is 22.4 Å². The van der Waals surface area contributed by atoms with Crippen molar-refractivity contribution >= 4 is 34.2 Å². The Morgan fingerprint density at radius 1 is 1.67 bits per heavy atom. The SMILES string of the molecule is NC(=O)CCSC(=S)NCc1ccco1. The Bertz CT molecular complexity index is 325. The van der Waals surface area contributed by atoms with Crippen LogP contribution in [0.2, 0.25) is 0 Å². The molecule has 3 N–H and O–H groups in total. The van der Waals surface area contributed by atoms with Gasteiger partial charge in [0, 0.05) is 12.2 Å². The average molecular weight is 244 g/mol. The van der Waals surface area contributed by atoms with Gasteiger partial charge in [0.25, 0.3) is 0 Å². The van der Waals surface area contributed by atoms with E-state index in [0.29, 0.717) is 23.0 Å². The van der Waals surface area contributed by atoms with Gasteiger partial charge in [0.2, 0.25) is 5.91 Å². The first-order chi connectivity index (χ1) is 7.18. The van der Waals surface area contributed by atoms with E-state index in [1.54, 1.807) is 6.26 Å². The summed E-state index contributed by atoms with van der Waals surface area (Å²) in [4.78, 5) is 10.5. The summed E-state index contributed by atoms with van der Waals surface area (Å²) in [5.74, 6) is 1.13. The van der Waals surface area contributed by atoms with Crippen LogP contribution in [0.5, 0.6) is 0 Å². The lowest BCUT2D eigenvalue weighted by molar-refractivity contribution is -0.117. The molecule has 0 unspecified atom stereocenters. The molecule has 4 nitrogen and oxygen atoms in total. The summed E-state index contributed by atoms with van der Waals surface area (Å²) < 4.78 is 5.77. The van der Waals surface area contributed by atoms with Crippen LogP contribution in [0.4, 0.5) is 0 Å². The molecule has 0 bridgehead atoms. The third kappa shape index (κ3) is 5.44. The molecule has 0 spiro atoms. The fourth-order valence-corrected chi connectivity index (χ4v) is 1.85. The Morgan fingerprint density at radius 2 is 2.47 bits per heavy atom. The van der Waals surface area contributed by atoms with Gasteiger partial charge in [-0.2, -0.15) is 0 Å². The van der Waals surface area contributed by atoms with Gasteiger partial charge >= 0.3 is 0 Å². The van der Waals surface area contributed by atoms with Crippen LogP contribution in [-0.2, 0) is 11.3 Å². The van der Waals surface area contributed by atoms with Crippen molar-refractivity contribution in [3.05, 3.63) is 24.2 Å². The fourth-order valence-electron chi connectivity index (χ4n) is 0.868. The number of thiocarbonyl (C=S) groups is 1. The maximum Gasteiger partial charge on any atom is 0.218 e. The van der Waals surface area contributed by atoms with Crippen molar-refractivity contribution in [2.75, 3.05) is 5.75 Å². The molecule has 0 aliphatic carbocycles.